The number of fused-ring (bicyclic) bond motifs is 1. The summed E-state index contributed by atoms with van der Waals surface area (Å²) in [7, 11) is 0. The third-order valence-corrected chi connectivity index (χ3v) is 5.94. The highest BCUT2D eigenvalue weighted by molar-refractivity contribution is 6.17. The van der Waals surface area contributed by atoms with Crippen LogP contribution in [0.4, 0.5) is 0 Å². The van der Waals surface area contributed by atoms with Gasteiger partial charge in [-0.3, -0.25) is 9.59 Å². The van der Waals surface area contributed by atoms with Crippen LogP contribution in [0.25, 0.3) is 11.0 Å². The van der Waals surface area contributed by atoms with E-state index < -0.39 is 5.97 Å². The van der Waals surface area contributed by atoms with E-state index in [0.717, 1.165) is 42.9 Å². The van der Waals surface area contributed by atoms with Crippen molar-refractivity contribution in [3.8, 4) is 18.6 Å². The molecule has 0 atom stereocenters. The van der Waals surface area contributed by atoms with Gasteiger partial charge in [0.1, 0.15) is 30.1 Å². The summed E-state index contributed by atoms with van der Waals surface area (Å²) in [6.45, 7) is 21.9. The summed E-state index contributed by atoms with van der Waals surface area (Å²) in [6.07, 6.45) is 8.65. The van der Waals surface area contributed by atoms with Gasteiger partial charge >= 0.3 is 5.97 Å². The first-order chi connectivity index (χ1) is 19.4. The molecular formula is C34H49NO5. The molecule has 0 saturated carbocycles. The Labute approximate surface area is 242 Å². The lowest BCUT2D eigenvalue weighted by atomic mass is 9.96. The van der Waals surface area contributed by atoms with Crippen LogP contribution in [-0.2, 0) is 16.0 Å². The number of terminal acetylenes is 1. The predicted octanol–water partition coefficient (Wildman–Crippen LogP) is 7.80. The van der Waals surface area contributed by atoms with Gasteiger partial charge in [0, 0.05) is 17.5 Å². The fourth-order valence-electron chi connectivity index (χ4n) is 4.14. The topological polar surface area (TPSA) is 69.0 Å². The van der Waals surface area contributed by atoms with Gasteiger partial charge in [-0.1, -0.05) is 66.7 Å². The standard InChI is InChI=1S/C28H35NO5.2C2H6.C2H2/c1-6-14-32-25(30)18-24-26(22-11-9-10-12-23(22)34-24)27(31)21-16-19(4)28(20(5)17-21)33-15-13-29(7-2)8-3;3*1-2/h9-12,16-17H,6-8,13-15,18H2,1-5H3;2*1-2H3;1-2H. The highest BCUT2D eigenvalue weighted by atomic mass is 16.5. The molecule has 1 heterocycles. The highest BCUT2D eigenvalue weighted by Gasteiger charge is 2.25. The van der Waals surface area contributed by atoms with Gasteiger partial charge in [-0.15, -0.1) is 12.8 Å². The predicted molar refractivity (Wildman–Crippen MR) is 166 cm³/mol. The van der Waals surface area contributed by atoms with Gasteiger partial charge in [0.05, 0.1) is 12.2 Å². The summed E-state index contributed by atoms with van der Waals surface area (Å²) in [5.74, 6) is 0.565. The van der Waals surface area contributed by atoms with Gasteiger partial charge in [-0.25, -0.2) is 0 Å². The zero-order chi connectivity index (χ0) is 30.7. The lowest BCUT2D eigenvalue weighted by Crippen LogP contribution is -2.28. The lowest BCUT2D eigenvalue weighted by Gasteiger charge is -2.19. The van der Waals surface area contributed by atoms with Crippen LogP contribution in [0.2, 0.25) is 0 Å². The summed E-state index contributed by atoms with van der Waals surface area (Å²) >= 11 is 0. The second-order valence-electron chi connectivity index (χ2n) is 8.44. The first-order valence-corrected chi connectivity index (χ1v) is 14.4. The molecule has 40 heavy (non-hydrogen) atoms. The molecule has 0 aliphatic rings. The van der Waals surface area contributed by atoms with Crippen molar-refractivity contribution in [2.75, 3.05) is 32.8 Å². The van der Waals surface area contributed by atoms with Crippen LogP contribution in [0.5, 0.6) is 5.75 Å². The number of hydrogen-bond donors (Lipinski definition) is 0. The van der Waals surface area contributed by atoms with Crippen molar-refractivity contribution in [1.29, 1.82) is 0 Å². The number of para-hydroxylation sites is 1. The molecule has 3 rings (SSSR count). The maximum Gasteiger partial charge on any atom is 0.313 e. The fraction of sp³-hybridized carbons (Fsp3) is 0.471. The van der Waals surface area contributed by atoms with Crippen LogP contribution in [0.3, 0.4) is 0 Å². The highest BCUT2D eigenvalue weighted by Crippen LogP contribution is 2.31. The average molecular weight is 552 g/mol. The van der Waals surface area contributed by atoms with Gasteiger partial charge in [0.15, 0.2) is 5.78 Å². The molecule has 3 aromatic rings. The van der Waals surface area contributed by atoms with E-state index in [1.165, 1.54) is 0 Å². The van der Waals surface area contributed by atoms with E-state index >= 15 is 0 Å². The number of benzene rings is 2. The van der Waals surface area contributed by atoms with Crippen LogP contribution >= 0.6 is 0 Å². The molecule has 0 N–H and O–H groups in total. The number of hydrogen-bond acceptors (Lipinski definition) is 6. The number of likely N-dealkylation sites (N-methyl/N-ethyl adjacent to an activating group) is 1. The second-order valence-corrected chi connectivity index (χ2v) is 8.44. The number of nitrogens with zero attached hydrogens (tertiary/aromatic N) is 1. The lowest BCUT2D eigenvalue weighted by molar-refractivity contribution is -0.143. The molecule has 0 saturated heterocycles. The minimum atomic E-state index is -0.403. The Morgan fingerprint density at radius 2 is 1.48 bits per heavy atom. The summed E-state index contributed by atoms with van der Waals surface area (Å²) in [5.41, 5.74) is 3.34. The number of ether oxygens (including phenoxy) is 2. The number of carbonyl (C=O) groups is 2. The molecule has 6 heteroatoms. The van der Waals surface area contributed by atoms with Crippen LogP contribution < -0.4 is 4.74 Å². The van der Waals surface area contributed by atoms with E-state index in [1.807, 2.05) is 78.8 Å². The van der Waals surface area contributed by atoms with Gasteiger partial charge < -0.3 is 18.8 Å². The first kappa shape index (κ1) is 36.4. The van der Waals surface area contributed by atoms with Crippen molar-refractivity contribution < 1.29 is 23.5 Å². The van der Waals surface area contributed by atoms with Crippen molar-refractivity contribution in [3.05, 3.63) is 64.4 Å². The minimum absolute atomic E-state index is 0.0831. The van der Waals surface area contributed by atoms with Gasteiger partial charge in [-0.2, -0.15) is 0 Å². The summed E-state index contributed by atoms with van der Waals surface area (Å²) in [4.78, 5) is 28.3. The molecule has 0 spiro atoms. The Morgan fingerprint density at radius 3 is 2.02 bits per heavy atom. The number of esters is 1. The van der Waals surface area contributed by atoms with E-state index in [9.17, 15) is 9.59 Å². The Balaban J connectivity index is 0.00000237. The summed E-state index contributed by atoms with van der Waals surface area (Å²) in [5, 5.41) is 0.695. The number of ketones is 1. The van der Waals surface area contributed by atoms with Crippen LogP contribution in [0, 0.1) is 26.7 Å². The molecule has 0 aliphatic carbocycles. The van der Waals surface area contributed by atoms with Crippen molar-refractivity contribution in [2.24, 2.45) is 0 Å². The molecular weight excluding hydrogens is 502 g/mol. The first-order valence-electron chi connectivity index (χ1n) is 14.4. The number of rotatable bonds is 12. The van der Waals surface area contributed by atoms with Gasteiger partial charge in [0.25, 0.3) is 0 Å². The Kier molecular flexibility index (Phi) is 18.5. The molecule has 0 fully saturated rings. The molecule has 0 amide bonds. The summed E-state index contributed by atoms with van der Waals surface area (Å²) in [6, 6.07) is 11.1. The van der Waals surface area contributed by atoms with Crippen LogP contribution in [0.1, 0.15) is 87.7 Å². The normalized spacial score (nSPS) is 9.90. The molecule has 0 radical (unpaired) electrons. The molecule has 0 aliphatic heterocycles. The summed E-state index contributed by atoms with van der Waals surface area (Å²) < 4.78 is 17.2. The Morgan fingerprint density at radius 1 is 0.900 bits per heavy atom. The Hall–Kier alpha value is -3.56. The van der Waals surface area contributed by atoms with Gasteiger partial charge in [0.2, 0.25) is 0 Å². The minimum Gasteiger partial charge on any atom is -0.492 e. The largest absolute Gasteiger partial charge is 0.492 e. The monoisotopic (exact) mass is 551 g/mol. The third kappa shape index (κ3) is 10.2. The van der Waals surface area contributed by atoms with E-state index in [2.05, 4.69) is 31.6 Å². The van der Waals surface area contributed by atoms with Crippen molar-refractivity contribution in [1.82, 2.24) is 4.90 Å². The molecule has 6 nitrogen and oxygen atoms in total. The van der Waals surface area contributed by atoms with Crippen LogP contribution in [0.15, 0.2) is 40.8 Å². The fourth-order valence-corrected chi connectivity index (χ4v) is 4.14. The van der Waals surface area contributed by atoms with E-state index in [4.69, 9.17) is 13.9 Å². The maximum absolute atomic E-state index is 13.7. The average Bonchev–Trinajstić information content (AvgIpc) is 3.35. The Bertz CT molecular complexity index is 1160. The SMILES string of the molecule is C#C.CC.CC.CCCOC(=O)Cc1oc2ccccc2c1C(=O)c1cc(C)c(OCCN(CC)CC)c(C)c1. The van der Waals surface area contributed by atoms with Crippen molar-refractivity contribution in [3.63, 3.8) is 0 Å². The molecule has 2 aromatic carbocycles. The molecule has 0 bridgehead atoms. The van der Waals surface area contributed by atoms with Gasteiger partial charge in [-0.05, 0) is 62.7 Å². The maximum atomic E-state index is 13.7. The second kappa shape index (κ2) is 20.4. The molecule has 220 valence electrons. The van der Waals surface area contributed by atoms with E-state index in [-0.39, 0.29) is 12.2 Å². The smallest absolute Gasteiger partial charge is 0.313 e. The van der Waals surface area contributed by atoms with Crippen molar-refractivity contribution in [2.45, 2.75) is 75.2 Å². The van der Waals surface area contributed by atoms with E-state index in [0.29, 0.717) is 41.1 Å². The van der Waals surface area contributed by atoms with Crippen molar-refractivity contribution >= 4 is 22.7 Å². The zero-order valence-electron chi connectivity index (χ0n) is 26.1. The number of carbonyl (C=O) groups excluding carboxylic acids is 2. The van der Waals surface area contributed by atoms with E-state index in [1.54, 1.807) is 6.07 Å². The zero-order valence-corrected chi connectivity index (χ0v) is 26.1. The number of aryl methyl sites for hydroxylation is 2. The molecule has 0 unspecified atom stereocenters. The third-order valence-electron chi connectivity index (χ3n) is 5.94. The number of furan rings is 1. The molecule has 1 aromatic heterocycles. The van der Waals surface area contributed by atoms with Crippen LogP contribution in [-0.4, -0.2) is 49.5 Å². The quantitative estimate of drug-likeness (QED) is 0.130.